The van der Waals surface area contributed by atoms with Crippen LogP contribution < -0.4 is 4.74 Å². The van der Waals surface area contributed by atoms with Gasteiger partial charge in [-0.25, -0.2) is 0 Å². The number of hydrogen-bond donors (Lipinski definition) is 1. The molecule has 4 heteroatoms. The van der Waals surface area contributed by atoms with E-state index in [0.717, 1.165) is 23.6 Å². The molecule has 0 unspecified atom stereocenters. The molecule has 1 aromatic carbocycles. The van der Waals surface area contributed by atoms with Crippen molar-refractivity contribution in [2.45, 2.75) is 6.42 Å². The summed E-state index contributed by atoms with van der Waals surface area (Å²) in [5.41, 5.74) is 6.08. The summed E-state index contributed by atoms with van der Waals surface area (Å²) in [4.78, 5) is 1.22. The maximum Gasteiger partial charge on any atom is 0.119 e. The van der Waals surface area contributed by atoms with Crippen molar-refractivity contribution in [3.05, 3.63) is 46.8 Å². The molecule has 19 heavy (non-hydrogen) atoms. The van der Waals surface area contributed by atoms with E-state index in [-0.39, 0.29) is 0 Å². The highest BCUT2D eigenvalue weighted by Gasteiger charge is 2.25. The Morgan fingerprint density at radius 2 is 2.26 bits per heavy atom. The molecule has 0 saturated carbocycles. The Balaban J connectivity index is 1.85. The zero-order chi connectivity index (χ0) is 12.8. The number of fused-ring (bicyclic) bond motifs is 3. The Labute approximate surface area is 114 Å². The quantitative estimate of drug-likeness (QED) is 0.601. The van der Waals surface area contributed by atoms with Crippen LogP contribution in [-0.4, -0.2) is 17.3 Å². The number of thiophene rings is 1. The van der Waals surface area contributed by atoms with Gasteiger partial charge < -0.3 is 4.74 Å². The van der Waals surface area contributed by atoms with Gasteiger partial charge >= 0.3 is 0 Å². The second kappa shape index (κ2) is 3.96. The van der Waals surface area contributed by atoms with Crippen LogP contribution in [-0.2, 0) is 6.42 Å². The summed E-state index contributed by atoms with van der Waals surface area (Å²) in [6.45, 7) is 0. The van der Waals surface area contributed by atoms with Gasteiger partial charge in [-0.05, 0) is 35.2 Å². The number of methoxy groups -OCH3 is 1. The topological polar surface area (TPSA) is 37.9 Å². The molecule has 0 fully saturated rings. The number of hydrogen-bond acceptors (Lipinski definition) is 3. The van der Waals surface area contributed by atoms with E-state index in [1.54, 1.807) is 18.4 Å². The molecule has 0 saturated heterocycles. The highest BCUT2D eigenvalue weighted by atomic mass is 32.1. The van der Waals surface area contributed by atoms with Crippen LogP contribution in [0.25, 0.3) is 21.8 Å². The number of H-pyrrole nitrogens is 1. The molecular formula is C15H12N2OS. The first-order valence-electron chi connectivity index (χ1n) is 6.15. The van der Waals surface area contributed by atoms with E-state index >= 15 is 0 Å². The van der Waals surface area contributed by atoms with Crippen LogP contribution in [0, 0.1) is 0 Å². The fourth-order valence-corrected chi connectivity index (χ4v) is 3.40. The fourth-order valence-electron chi connectivity index (χ4n) is 2.65. The molecule has 94 valence electrons. The first-order chi connectivity index (χ1) is 9.36. The number of aromatic nitrogens is 2. The van der Waals surface area contributed by atoms with E-state index in [9.17, 15) is 0 Å². The Hall–Kier alpha value is -2.07. The zero-order valence-electron chi connectivity index (χ0n) is 10.4. The molecule has 0 atom stereocenters. The van der Waals surface area contributed by atoms with E-state index in [2.05, 4.69) is 39.8 Å². The van der Waals surface area contributed by atoms with E-state index in [1.807, 2.05) is 6.07 Å². The second-order valence-corrected chi connectivity index (χ2v) is 5.55. The predicted octanol–water partition coefficient (Wildman–Crippen LogP) is 3.72. The van der Waals surface area contributed by atoms with Crippen molar-refractivity contribution in [1.29, 1.82) is 0 Å². The fraction of sp³-hybridized carbons (Fsp3) is 0.133. The zero-order valence-corrected chi connectivity index (χ0v) is 11.3. The highest BCUT2D eigenvalue weighted by molar-refractivity contribution is 7.13. The molecule has 0 amide bonds. The van der Waals surface area contributed by atoms with Gasteiger partial charge in [-0.2, -0.15) is 5.10 Å². The number of benzene rings is 1. The SMILES string of the molecule is COc1ccc2c(c1)Cc1c(-c3cccs3)n[nH]c1-2. The second-order valence-electron chi connectivity index (χ2n) is 4.60. The maximum absolute atomic E-state index is 5.29. The number of ether oxygens (including phenoxy) is 1. The minimum Gasteiger partial charge on any atom is -0.497 e. The van der Waals surface area contributed by atoms with E-state index in [4.69, 9.17) is 4.74 Å². The van der Waals surface area contributed by atoms with Crippen LogP contribution in [0.2, 0.25) is 0 Å². The molecule has 2 heterocycles. The normalized spacial score (nSPS) is 12.3. The molecule has 0 bridgehead atoms. The van der Waals surface area contributed by atoms with Gasteiger partial charge in [0.1, 0.15) is 11.4 Å². The molecule has 3 nitrogen and oxygen atoms in total. The van der Waals surface area contributed by atoms with E-state index < -0.39 is 0 Å². The third-order valence-corrected chi connectivity index (χ3v) is 4.45. The van der Waals surface area contributed by atoms with Gasteiger partial charge in [0.25, 0.3) is 0 Å². The van der Waals surface area contributed by atoms with Gasteiger partial charge in [0, 0.05) is 17.5 Å². The van der Waals surface area contributed by atoms with E-state index in [0.29, 0.717) is 0 Å². The minimum atomic E-state index is 0.912. The van der Waals surface area contributed by atoms with Crippen molar-refractivity contribution < 1.29 is 4.74 Å². The molecule has 1 N–H and O–H groups in total. The molecule has 4 rings (SSSR count). The monoisotopic (exact) mass is 268 g/mol. The van der Waals surface area contributed by atoms with Crippen molar-refractivity contribution in [2.24, 2.45) is 0 Å². The summed E-state index contributed by atoms with van der Waals surface area (Å²) < 4.78 is 5.29. The van der Waals surface area contributed by atoms with Crippen LogP contribution in [0.1, 0.15) is 11.1 Å². The van der Waals surface area contributed by atoms with Gasteiger partial charge in [0.2, 0.25) is 0 Å². The first kappa shape index (κ1) is 10.8. The number of nitrogens with zero attached hydrogens (tertiary/aromatic N) is 1. The van der Waals surface area contributed by atoms with Crippen LogP contribution >= 0.6 is 11.3 Å². The Kier molecular flexibility index (Phi) is 2.26. The summed E-state index contributed by atoms with van der Waals surface area (Å²) in [5, 5.41) is 9.74. The summed E-state index contributed by atoms with van der Waals surface area (Å²) >= 11 is 1.73. The number of nitrogens with one attached hydrogen (secondary N) is 1. The van der Waals surface area contributed by atoms with Crippen LogP contribution in [0.5, 0.6) is 5.75 Å². The van der Waals surface area contributed by atoms with Gasteiger partial charge in [0.05, 0.1) is 17.7 Å². The predicted molar refractivity (Wildman–Crippen MR) is 76.7 cm³/mol. The van der Waals surface area contributed by atoms with Crippen molar-refractivity contribution in [3.63, 3.8) is 0 Å². The first-order valence-corrected chi connectivity index (χ1v) is 7.03. The van der Waals surface area contributed by atoms with Crippen LogP contribution in [0.15, 0.2) is 35.7 Å². The molecule has 2 aromatic heterocycles. The maximum atomic E-state index is 5.29. The summed E-state index contributed by atoms with van der Waals surface area (Å²) in [6.07, 6.45) is 0.922. The third-order valence-electron chi connectivity index (χ3n) is 3.57. The molecule has 1 aliphatic carbocycles. The average Bonchev–Trinajstić information content (AvgIpc) is 3.13. The molecule has 0 radical (unpaired) electrons. The van der Waals surface area contributed by atoms with Gasteiger partial charge in [-0.1, -0.05) is 6.07 Å². The van der Waals surface area contributed by atoms with Crippen molar-refractivity contribution in [3.8, 4) is 27.6 Å². The van der Waals surface area contributed by atoms with Crippen molar-refractivity contribution >= 4 is 11.3 Å². The largest absolute Gasteiger partial charge is 0.497 e. The van der Waals surface area contributed by atoms with Crippen LogP contribution in [0.4, 0.5) is 0 Å². The molecule has 0 aliphatic heterocycles. The molecule has 0 spiro atoms. The summed E-state index contributed by atoms with van der Waals surface area (Å²) in [7, 11) is 1.70. The smallest absolute Gasteiger partial charge is 0.119 e. The minimum absolute atomic E-state index is 0.912. The van der Waals surface area contributed by atoms with Crippen LogP contribution in [0.3, 0.4) is 0 Å². The summed E-state index contributed by atoms with van der Waals surface area (Å²) in [5.74, 6) is 0.912. The van der Waals surface area contributed by atoms with Gasteiger partial charge in [-0.15, -0.1) is 11.3 Å². The van der Waals surface area contributed by atoms with Crippen molar-refractivity contribution in [1.82, 2.24) is 10.2 Å². The third kappa shape index (κ3) is 1.53. The standard InChI is InChI=1S/C15H12N2OS/c1-18-10-4-5-11-9(7-10)8-12-14(11)16-17-15(12)13-3-2-6-19-13/h2-7H,8H2,1H3,(H,16,17). The lowest BCUT2D eigenvalue weighted by Crippen LogP contribution is -1.88. The molecule has 1 aliphatic rings. The lowest BCUT2D eigenvalue weighted by molar-refractivity contribution is 0.414. The average molecular weight is 268 g/mol. The van der Waals surface area contributed by atoms with Gasteiger partial charge in [0.15, 0.2) is 0 Å². The molecule has 3 aromatic rings. The summed E-state index contributed by atoms with van der Waals surface area (Å²) in [6, 6.07) is 10.4. The lowest BCUT2D eigenvalue weighted by atomic mass is 10.1. The Morgan fingerprint density at radius 3 is 3.05 bits per heavy atom. The van der Waals surface area contributed by atoms with E-state index in [1.165, 1.54) is 21.6 Å². The Morgan fingerprint density at radius 1 is 1.32 bits per heavy atom. The van der Waals surface area contributed by atoms with Gasteiger partial charge in [-0.3, -0.25) is 5.10 Å². The number of rotatable bonds is 2. The number of aromatic amines is 1. The molecular weight excluding hydrogens is 256 g/mol. The van der Waals surface area contributed by atoms with Crippen molar-refractivity contribution in [2.75, 3.05) is 7.11 Å². The highest BCUT2D eigenvalue weighted by Crippen LogP contribution is 2.41. The lowest BCUT2D eigenvalue weighted by Gasteiger charge is -2.03. The Bertz CT molecular complexity index is 744.